The number of pyridine rings is 1. The number of rotatable bonds is 6. The van der Waals surface area contributed by atoms with E-state index in [1.54, 1.807) is 6.20 Å². The van der Waals surface area contributed by atoms with Crippen LogP contribution in [0.1, 0.15) is 18.3 Å². The van der Waals surface area contributed by atoms with Gasteiger partial charge in [0.2, 0.25) is 0 Å². The van der Waals surface area contributed by atoms with E-state index in [0.717, 1.165) is 37.4 Å². The number of aryl methyl sites for hydroxylation is 1. The number of imidazole rings is 1. The highest BCUT2D eigenvalue weighted by Gasteiger charge is 2.07. The highest BCUT2D eigenvalue weighted by atomic mass is 15.1. The summed E-state index contributed by atoms with van der Waals surface area (Å²) in [6, 6.07) is 12.4. The fourth-order valence-electron chi connectivity index (χ4n) is 2.57. The van der Waals surface area contributed by atoms with E-state index >= 15 is 0 Å². The predicted octanol–water partition coefficient (Wildman–Crippen LogP) is 2.78. The summed E-state index contributed by atoms with van der Waals surface area (Å²) in [6.07, 6.45) is 4.66. The Morgan fingerprint density at radius 1 is 1.14 bits per heavy atom. The summed E-state index contributed by atoms with van der Waals surface area (Å²) in [6.45, 7) is 4.86. The molecule has 0 aliphatic rings. The predicted molar refractivity (Wildman–Crippen MR) is 85.1 cm³/mol. The largest absolute Gasteiger partial charge is 0.327 e. The van der Waals surface area contributed by atoms with Gasteiger partial charge < -0.3 is 9.88 Å². The van der Waals surface area contributed by atoms with Crippen molar-refractivity contribution in [3.63, 3.8) is 0 Å². The van der Waals surface area contributed by atoms with E-state index in [2.05, 4.69) is 46.1 Å². The maximum atomic E-state index is 4.69. The standard InChI is InChI=1S/C17H20N4/c1-2-17-20-15-7-3-4-8-16(15)21(17)11-10-19-13-14-6-5-9-18-12-14/h3-9,12,19H,2,10-11,13H2,1H3. The van der Waals surface area contributed by atoms with Crippen LogP contribution in [0.4, 0.5) is 0 Å². The molecule has 0 aliphatic heterocycles. The van der Waals surface area contributed by atoms with Crippen LogP contribution in [0.2, 0.25) is 0 Å². The lowest BCUT2D eigenvalue weighted by Crippen LogP contribution is -2.20. The van der Waals surface area contributed by atoms with E-state index < -0.39 is 0 Å². The molecule has 1 aromatic carbocycles. The SMILES string of the molecule is CCc1nc2ccccc2n1CCNCc1cccnc1. The van der Waals surface area contributed by atoms with Gasteiger partial charge in [-0.05, 0) is 23.8 Å². The summed E-state index contributed by atoms with van der Waals surface area (Å²) >= 11 is 0. The van der Waals surface area contributed by atoms with Crippen molar-refractivity contribution < 1.29 is 0 Å². The Hall–Kier alpha value is -2.20. The van der Waals surface area contributed by atoms with Crippen LogP contribution in [0.3, 0.4) is 0 Å². The summed E-state index contributed by atoms with van der Waals surface area (Å²) in [4.78, 5) is 8.82. The Morgan fingerprint density at radius 3 is 2.86 bits per heavy atom. The molecular weight excluding hydrogens is 260 g/mol. The zero-order valence-corrected chi connectivity index (χ0v) is 12.3. The summed E-state index contributed by atoms with van der Waals surface area (Å²) < 4.78 is 2.31. The highest BCUT2D eigenvalue weighted by Crippen LogP contribution is 2.16. The second-order valence-corrected chi connectivity index (χ2v) is 5.06. The monoisotopic (exact) mass is 280 g/mol. The molecule has 2 heterocycles. The molecule has 0 saturated heterocycles. The van der Waals surface area contributed by atoms with E-state index in [4.69, 9.17) is 4.98 Å². The molecule has 0 radical (unpaired) electrons. The first kappa shape index (κ1) is 13.8. The molecule has 108 valence electrons. The molecule has 0 atom stereocenters. The van der Waals surface area contributed by atoms with Crippen LogP contribution in [0.5, 0.6) is 0 Å². The van der Waals surface area contributed by atoms with Crippen LogP contribution in [0, 0.1) is 0 Å². The topological polar surface area (TPSA) is 42.7 Å². The van der Waals surface area contributed by atoms with Crippen molar-refractivity contribution in [1.82, 2.24) is 19.9 Å². The smallest absolute Gasteiger partial charge is 0.109 e. The zero-order valence-electron chi connectivity index (χ0n) is 12.3. The molecule has 0 amide bonds. The van der Waals surface area contributed by atoms with Gasteiger partial charge in [0, 0.05) is 38.4 Å². The average molecular weight is 280 g/mol. The first-order valence-corrected chi connectivity index (χ1v) is 7.42. The molecule has 1 N–H and O–H groups in total. The van der Waals surface area contributed by atoms with E-state index in [1.807, 2.05) is 18.3 Å². The van der Waals surface area contributed by atoms with Crippen molar-refractivity contribution in [3.8, 4) is 0 Å². The van der Waals surface area contributed by atoms with E-state index in [9.17, 15) is 0 Å². The second-order valence-electron chi connectivity index (χ2n) is 5.06. The van der Waals surface area contributed by atoms with Gasteiger partial charge in [-0.2, -0.15) is 0 Å². The normalized spacial score (nSPS) is 11.1. The third-order valence-corrected chi connectivity index (χ3v) is 3.61. The molecule has 0 fully saturated rings. The van der Waals surface area contributed by atoms with Gasteiger partial charge in [-0.3, -0.25) is 4.98 Å². The number of aromatic nitrogens is 3. The third-order valence-electron chi connectivity index (χ3n) is 3.61. The van der Waals surface area contributed by atoms with Crippen molar-refractivity contribution in [3.05, 3.63) is 60.2 Å². The minimum absolute atomic E-state index is 0.849. The Labute approximate surface area is 124 Å². The van der Waals surface area contributed by atoms with Gasteiger partial charge in [0.25, 0.3) is 0 Å². The Bertz CT molecular complexity index is 703. The quantitative estimate of drug-likeness (QED) is 0.706. The molecule has 0 bridgehead atoms. The van der Waals surface area contributed by atoms with Gasteiger partial charge in [-0.1, -0.05) is 25.1 Å². The van der Waals surface area contributed by atoms with Crippen molar-refractivity contribution in [1.29, 1.82) is 0 Å². The number of nitrogens with one attached hydrogen (secondary N) is 1. The van der Waals surface area contributed by atoms with Crippen LogP contribution in [0.25, 0.3) is 11.0 Å². The first-order valence-electron chi connectivity index (χ1n) is 7.42. The number of fused-ring (bicyclic) bond motifs is 1. The van der Waals surface area contributed by atoms with Crippen molar-refractivity contribution in [2.24, 2.45) is 0 Å². The van der Waals surface area contributed by atoms with Crippen LogP contribution in [-0.4, -0.2) is 21.1 Å². The molecule has 0 saturated carbocycles. The molecule has 3 aromatic rings. The van der Waals surface area contributed by atoms with E-state index in [1.165, 1.54) is 11.1 Å². The third kappa shape index (κ3) is 3.11. The fourth-order valence-corrected chi connectivity index (χ4v) is 2.57. The minimum Gasteiger partial charge on any atom is -0.327 e. The average Bonchev–Trinajstić information content (AvgIpc) is 2.90. The Kier molecular flexibility index (Phi) is 4.26. The van der Waals surface area contributed by atoms with Crippen molar-refractivity contribution in [2.45, 2.75) is 26.4 Å². The number of benzene rings is 1. The molecule has 4 nitrogen and oxygen atoms in total. The minimum atomic E-state index is 0.849. The highest BCUT2D eigenvalue weighted by molar-refractivity contribution is 5.75. The molecule has 2 aromatic heterocycles. The van der Waals surface area contributed by atoms with Crippen LogP contribution in [0.15, 0.2) is 48.8 Å². The fraction of sp³-hybridized carbons (Fsp3) is 0.294. The second kappa shape index (κ2) is 6.50. The van der Waals surface area contributed by atoms with Gasteiger partial charge in [0.05, 0.1) is 11.0 Å². The maximum absolute atomic E-state index is 4.69. The number of hydrogen-bond acceptors (Lipinski definition) is 3. The molecule has 0 aliphatic carbocycles. The summed E-state index contributed by atoms with van der Waals surface area (Å²) in [5.74, 6) is 1.15. The van der Waals surface area contributed by atoms with Crippen LogP contribution in [-0.2, 0) is 19.5 Å². The van der Waals surface area contributed by atoms with E-state index in [-0.39, 0.29) is 0 Å². The molecule has 21 heavy (non-hydrogen) atoms. The summed E-state index contributed by atoms with van der Waals surface area (Å²) in [7, 11) is 0. The van der Waals surface area contributed by atoms with Crippen molar-refractivity contribution in [2.75, 3.05) is 6.54 Å². The summed E-state index contributed by atoms with van der Waals surface area (Å²) in [5.41, 5.74) is 3.52. The lowest BCUT2D eigenvalue weighted by molar-refractivity contribution is 0.590. The van der Waals surface area contributed by atoms with Gasteiger partial charge >= 0.3 is 0 Å². The van der Waals surface area contributed by atoms with Gasteiger partial charge in [-0.25, -0.2) is 4.98 Å². The molecule has 3 rings (SSSR count). The molecule has 4 heteroatoms. The van der Waals surface area contributed by atoms with Crippen molar-refractivity contribution >= 4 is 11.0 Å². The Morgan fingerprint density at radius 2 is 2.05 bits per heavy atom. The van der Waals surface area contributed by atoms with Crippen LogP contribution < -0.4 is 5.32 Å². The van der Waals surface area contributed by atoms with Gasteiger partial charge in [0.1, 0.15) is 5.82 Å². The zero-order chi connectivity index (χ0) is 14.5. The first-order chi connectivity index (χ1) is 10.4. The lowest BCUT2D eigenvalue weighted by atomic mass is 10.3. The number of para-hydroxylation sites is 2. The molecule has 0 unspecified atom stereocenters. The molecule has 0 spiro atoms. The van der Waals surface area contributed by atoms with E-state index in [0.29, 0.717) is 0 Å². The lowest BCUT2D eigenvalue weighted by Gasteiger charge is -2.09. The molecular formula is C17H20N4. The summed E-state index contributed by atoms with van der Waals surface area (Å²) in [5, 5.41) is 3.47. The van der Waals surface area contributed by atoms with Gasteiger partial charge in [0.15, 0.2) is 0 Å². The van der Waals surface area contributed by atoms with Gasteiger partial charge in [-0.15, -0.1) is 0 Å². The Balaban J connectivity index is 1.65. The number of nitrogens with zero attached hydrogens (tertiary/aromatic N) is 3. The number of hydrogen-bond donors (Lipinski definition) is 1. The van der Waals surface area contributed by atoms with Crippen LogP contribution >= 0.6 is 0 Å². The maximum Gasteiger partial charge on any atom is 0.109 e.